The van der Waals surface area contributed by atoms with Crippen LogP contribution in [0.1, 0.15) is 42.2 Å². The SMILES string of the molecule is CC1CNCC1c1nc(C(=O)NC2CC2)no1. The highest BCUT2D eigenvalue weighted by atomic mass is 16.5. The van der Waals surface area contributed by atoms with Crippen molar-refractivity contribution in [3.05, 3.63) is 11.7 Å². The van der Waals surface area contributed by atoms with Crippen molar-refractivity contribution in [1.82, 2.24) is 20.8 Å². The van der Waals surface area contributed by atoms with Crippen LogP contribution in [0.4, 0.5) is 0 Å². The van der Waals surface area contributed by atoms with Gasteiger partial charge in [0.15, 0.2) is 0 Å². The van der Waals surface area contributed by atoms with Gasteiger partial charge in [0.1, 0.15) is 0 Å². The highest BCUT2D eigenvalue weighted by Gasteiger charge is 2.31. The Balaban J connectivity index is 1.70. The van der Waals surface area contributed by atoms with Crippen LogP contribution >= 0.6 is 0 Å². The smallest absolute Gasteiger partial charge is 0.292 e. The van der Waals surface area contributed by atoms with E-state index in [2.05, 4.69) is 27.7 Å². The second-order valence-electron chi connectivity index (χ2n) is 4.95. The lowest BCUT2D eigenvalue weighted by Gasteiger charge is -2.07. The van der Waals surface area contributed by atoms with Crippen molar-refractivity contribution in [2.45, 2.75) is 31.7 Å². The van der Waals surface area contributed by atoms with Crippen molar-refractivity contribution >= 4 is 5.91 Å². The molecule has 2 N–H and O–H groups in total. The molecule has 2 heterocycles. The number of hydrogen-bond acceptors (Lipinski definition) is 5. The number of aromatic nitrogens is 2. The van der Waals surface area contributed by atoms with Crippen molar-refractivity contribution in [2.75, 3.05) is 13.1 Å². The summed E-state index contributed by atoms with van der Waals surface area (Å²) in [7, 11) is 0. The molecule has 1 aliphatic carbocycles. The molecule has 1 amide bonds. The molecule has 2 atom stereocenters. The predicted octanol–water partition coefficient (Wildman–Crippen LogP) is 0.285. The number of amides is 1. The van der Waals surface area contributed by atoms with Crippen LogP contribution in [-0.2, 0) is 0 Å². The van der Waals surface area contributed by atoms with E-state index in [1.165, 1.54) is 0 Å². The highest BCUT2D eigenvalue weighted by Crippen LogP contribution is 2.26. The molecule has 0 spiro atoms. The predicted molar refractivity (Wildman–Crippen MR) is 59.6 cm³/mol. The standard InChI is InChI=1S/C11H16N4O2/c1-6-4-12-5-8(6)11-14-9(15-17-11)10(16)13-7-2-3-7/h6-8,12H,2-5H2,1H3,(H,13,16). The van der Waals surface area contributed by atoms with Crippen molar-refractivity contribution < 1.29 is 9.32 Å². The van der Waals surface area contributed by atoms with E-state index in [-0.39, 0.29) is 17.6 Å². The Hall–Kier alpha value is -1.43. The lowest BCUT2D eigenvalue weighted by atomic mass is 9.98. The van der Waals surface area contributed by atoms with Gasteiger partial charge in [-0.1, -0.05) is 12.1 Å². The molecule has 0 bridgehead atoms. The van der Waals surface area contributed by atoms with Gasteiger partial charge in [0, 0.05) is 12.6 Å². The summed E-state index contributed by atoms with van der Waals surface area (Å²) in [5.41, 5.74) is 0. The van der Waals surface area contributed by atoms with E-state index in [0.29, 0.717) is 17.9 Å². The van der Waals surface area contributed by atoms with Gasteiger partial charge in [-0.05, 0) is 25.3 Å². The Kier molecular flexibility index (Phi) is 2.58. The zero-order valence-electron chi connectivity index (χ0n) is 9.77. The van der Waals surface area contributed by atoms with E-state index in [1.54, 1.807) is 0 Å². The molecule has 3 rings (SSSR count). The third kappa shape index (κ3) is 2.17. The molecule has 2 aliphatic rings. The Morgan fingerprint density at radius 1 is 1.47 bits per heavy atom. The summed E-state index contributed by atoms with van der Waals surface area (Å²) < 4.78 is 5.18. The van der Waals surface area contributed by atoms with Gasteiger partial charge in [-0.2, -0.15) is 4.98 Å². The molecule has 2 fully saturated rings. The first-order chi connectivity index (χ1) is 8.24. The first-order valence-electron chi connectivity index (χ1n) is 6.09. The van der Waals surface area contributed by atoms with Gasteiger partial charge in [-0.25, -0.2) is 0 Å². The second-order valence-corrected chi connectivity index (χ2v) is 4.95. The van der Waals surface area contributed by atoms with Crippen molar-refractivity contribution in [3.63, 3.8) is 0 Å². The third-order valence-electron chi connectivity index (χ3n) is 3.39. The molecule has 1 aromatic rings. The van der Waals surface area contributed by atoms with E-state index in [1.807, 2.05) is 0 Å². The van der Waals surface area contributed by atoms with Gasteiger partial charge in [0.05, 0.1) is 5.92 Å². The summed E-state index contributed by atoms with van der Waals surface area (Å²) in [6.45, 7) is 3.93. The lowest BCUT2D eigenvalue weighted by Crippen LogP contribution is -2.26. The van der Waals surface area contributed by atoms with Gasteiger partial charge in [-0.15, -0.1) is 0 Å². The van der Waals surface area contributed by atoms with E-state index < -0.39 is 0 Å². The Bertz CT molecular complexity index is 427. The van der Waals surface area contributed by atoms with Gasteiger partial charge in [0.25, 0.3) is 11.7 Å². The Morgan fingerprint density at radius 3 is 2.94 bits per heavy atom. The second kappa shape index (κ2) is 4.10. The molecule has 1 aromatic heterocycles. The van der Waals surface area contributed by atoms with Gasteiger partial charge >= 0.3 is 0 Å². The van der Waals surface area contributed by atoms with E-state index in [9.17, 15) is 4.79 Å². The van der Waals surface area contributed by atoms with Crippen LogP contribution in [0.15, 0.2) is 4.52 Å². The number of carbonyl (C=O) groups is 1. The van der Waals surface area contributed by atoms with Crippen LogP contribution in [0.3, 0.4) is 0 Å². The van der Waals surface area contributed by atoms with Crippen molar-refractivity contribution in [1.29, 1.82) is 0 Å². The summed E-state index contributed by atoms with van der Waals surface area (Å²) >= 11 is 0. The van der Waals surface area contributed by atoms with Crippen LogP contribution < -0.4 is 10.6 Å². The zero-order chi connectivity index (χ0) is 11.8. The third-order valence-corrected chi connectivity index (χ3v) is 3.39. The maximum absolute atomic E-state index is 11.7. The van der Waals surface area contributed by atoms with Crippen LogP contribution in [0.5, 0.6) is 0 Å². The average Bonchev–Trinajstić information content (AvgIpc) is 2.82. The average molecular weight is 236 g/mol. The molecular weight excluding hydrogens is 220 g/mol. The fourth-order valence-corrected chi connectivity index (χ4v) is 2.10. The normalized spacial score (nSPS) is 28.3. The molecule has 6 nitrogen and oxygen atoms in total. The number of hydrogen-bond donors (Lipinski definition) is 2. The van der Waals surface area contributed by atoms with Gasteiger partial charge < -0.3 is 15.2 Å². The summed E-state index contributed by atoms with van der Waals surface area (Å²) in [4.78, 5) is 15.9. The number of rotatable bonds is 3. The minimum Gasteiger partial charge on any atom is -0.346 e. The van der Waals surface area contributed by atoms with Crippen LogP contribution in [0.2, 0.25) is 0 Å². The van der Waals surface area contributed by atoms with Crippen LogP contribution in [0.25, 0.3) is 0 Å². The maximum atomic E-state index is 11.7. The molecule has 1 aliphatic heterocycles. The molecule has 0 radical (unpaired) electrons. The minimum atomic E-state index is -0.221. The van der Waals surface area contributed by atoms with Crippen LogP contribution in [-0.4, -0.2) is 35.2 Å². The monoisotopic (exact) mass is 236 g/mol. The molecule has 6 heteroatoms. The maximum Gasteiger partial charge on any atom is 0.292 e. The Labute approximate surface area is 99.2 Å². The lowest BCUT2D eigenvalue weighted by molar-refractivity contribution is 0.0937. The fraction of sp³-hybridized carbons (Fsp3) is 0.727. The van der Waals surface area contributed by atoms with Crippen LogP contribution in [0, 0.1) is 5.92 Å². The Morgan fingerprint density at radius 2 is 2.29 bits per heavy atom. The number of nitrogens with zero attached hydrogens (tertiary/aromatic N) is 2. The summed E-state index contributed by atoms with van der Waals surface area (Å²) in [5.74, 6) is 1.20. The first kappa shape index (κ1) is 10.7. The molecular formula is C11H16N4O2. The highest BCUT2D eigenvalue weighted by molar-refractivity contribution is 5.90. The molecule has 92 valence electrons. The molecule has 17 heavy (non-hydrogen) atoms. The van der Waals surface area contributed by atoms with E-state index in [0.717, 1.165) is 25.9 Å². The fourth-order valence-electron chi connectivity index (χ4n) is 2.10. The summed E-state index contributed by atoms with van der Waals surface area (Å²) in [6.07, 6.45) is 2.11. The summed E-state index contributed by atoms with van der Waals surface area (Å²) in [5, 5.41) is 9.87. The van der Waals surface area contributed by atoms with E-state index >= 15 is 0 Å². The van der Waals surface area contributed by atoms with Crippen molar-refractivity contribution in [3.8, 4) is 0 Å². The van der Waals surface area contributed by atoms with E-state index in [4.69, 9.17) is 4.52 Å². The van der Waals surface area contributed by atoms with Gasteiger partial charge in [-0.3, -0.25) is 4.79 Å². The largest absolute Gasteiger partial charge is 0.346 e. The quantitative estimate of drug-likeness (QED) is 0.788. The zero-order valence-corrected chi connectivity index (χ0v) is 9.77. The molecule has 1 saturated heterocycles. The van der Waals surface area contributed by atoms with Gasteiger partial charge in [0.2, 0.25) is 5.89 Å². The molecule has 0 aromatic carbocycles. The minimum absolute atomic E-state index is 0.158. The first-order valence-corrected chi connectivity index (χ1v) is 6.09. The molecule has 1 saturated carbocycles. The van der Waals surface area contributed by atoms with Crippen molar-refractivity contribution in [2.24, 2.45) is 5.92 Å². The number of nitrogens with one attached hydrogen (secondary N) is 2. The number of carbonyl (C=O) groups excluding carboxylic acids is 1. The molecule has 2 unspecified atom stereocenters. The summed E-state index contributed by atoms with van der Waals surface area (Å²) in [6, 6.07) is 0.316. The topological polar surface area (TPSA) is 80.0 Å².